The number of hydrogen-bond donors (Lipinski definition) is 1. The quantitative estimate of drug-likeness (QED) is 0.675. The Morgan fingerprint density at radius 2 is 1.83 bits per heavy atom. The fraction of sp³-hybridized carbons (Fsp3) is 0.923. The van der Waals surface area contributed by atoms with Gasteiger partial charge in [-0.15, -0.1) is 0 Å². The van der Waals surface area contributed by atoms with Crippen LogP contribution in [-0.4, -0.2) is 24.1 Å². The van der Waals surface area contributed by atoms with Crippen LogP contribution in [0.15, 0.2) is 0 Å². The van der Waals surface area contributed by atoms with Crippen LogP contribution in [0.5, 0.6) is 0 Å². The number of carbonyl (C=O) groups is 1. The highest BCUT2D eigenvalue weighted by molar-refractivity contribution is 5.80. The first-order valence-electron chi connectivity index (χ1n) is 7.01. The maximum atomic E-state index is 11.8. The summed E-state index contributed by atoms with van der Waals surface area (Å²) in [7, 11) is 0. The third-order valence-electron chi connectivity index (χ3n) is 3.35. The van der Waals surface area contributed by atoms with Crippen molar-refractivity contribution in [3.63, 3.8) is 0 Å². The lowest BCUT2D eigenvalue weighted by Crippen LogP contribution is -2.39. The lowest BCUT2D eigenvalue weighted by Gasteiger charge is -2.31. The van der Waals surface area contributed by atoms with E-state index in [1.54, 1.807) is 0 Å². The molecule has 5 heteroatoms. The highest BCUT2D eigenvalue weighted by atomic mass is 16.9. The van der Waals surface area contributed by atoms with Crippen molar-refractivity contribution in [2.75, 3.05) is 6.54 Å². The van der Waals surface area contributed by atoms with Crippen molar-refractivity contribution in [3.05, 3.63) is 0 Å². The third-order valence-corrected chi connectivity index (χ3v) is 3.35. The van der Waals surface area contributed by atoms with Gasteiger partial charge >= 0.3 is 5.97 Å². The first-order valence-corrected chi connectivity index (χ1v) is 7.01. The first-order chi connectivity index (χ1) is 8.66. The fourth-order valence-electron chi connectivity index (χ4n) is 2.55. The number of nitrogens with one attached hydrogen (secondary N) is 1. The topological polar surface area (TPSA) is 56.8 Å². The van der Waals surface area contributed by atoms with E-state index in [2.05, 4.69) is 19.3 Å². The maximum absolute atomic E-state index is 11.8. The Labute approximate surface area is 108 Å². The van der Waals surface area contributed by atoms with Crippen LogP contribution in [-0.2, 0) is 19.1 Å². The Morgan fingerprint density at radius 1 is 1.17 bits per heavy atom. The molecule has 0 aromatic carbocycles. The summed E-state index contributed by atoms with van der Waals surface area (Å²) in [4.78, 5) is 17.0. The van der Waals surface area contributed by atoms with E-state index in [1.165, 1.54) is 12.8 Å². The van der Waals surface area contributed by atoms with Gasteiger partial charge in [0, 0.05) is 25.8 Å². The standard InChI is InChI=1S/C10H15NO4.C3H8/c12-8-10(6-7-11-15-10)14-9(13-8)4-2-1-3-5-9;1-3-2/h11H,1-7H2;3H2,1-2H3. The van der Waals surface area contributed by atoms with E-state index in [4.69, 9.17) is 14.3 Å². The van der Waals surface area contributed by atoms with Gasteiger partial charge in [0.25, 0.3) is 5.79 Å². The molecule has 5 nitrogen and oxygen atoms in total. The maximum Gasteiger partial charge on any atom is 0.371 e. The lowest BCUT2D eigenvalue weighted by molar-refractivity contribution is -0.270. The number of ether oxygens (including phenoxy) is 2. The largest absolute Gasteiger partial charge is 0.429 e. The molecule has 0 amide bonds. The number of carbonyl (C=O) groups excluding carboxylic acids is 1. The second kappa shape index (κ2) is 5.55. The number of hydroxylamine groups is 1. The minimum Gasteiger partial charge on any atom is -0.429 e. The summed E-state index contributed by atoms with van der Waals surface area (Å²) in [5, 5.41) is 0. The van der Waals surface area contributed by atoms with E-state index < -0.39 is 11.6 Å². The predicted molar refractivity (Wildman–Crippen MR) is 65.4 cm³/mol. The summed E-state index contributed by atoms with van der Waals surface area (Å²) in [6.45, 7) is 4.88. The van der Waals surface area contributed by atoms with Crippen LogP contribution in [0.4, 0.5) is 0 Å². The third kappa shape index (κ3) is 2.53. The van der Waals surface area contributed by atoms with Gasteiger partial charge in [0.1, 0.15) is 0 Å². The Hall–Kier alpha value is -0.650. The van der Waals surface area contributed by atoms with E-state index in [0.29, 0.717) is 13.0 Å². The van der Waals surface area contributed by atoms with Gasteiger partial charge in [0.15, 0.2) is 0 Å². The Morgan fingerprint density at radius 3 is 2.39 bits per heavy atom. The summed E-state index contributed by atoms with van der Waals surface area (Å²) < 4.78 is 11.2. The molecule has 2 aliphatic heterocycles. The average Bonchev–Trinajstić information content (AvgIpc) is 2.89. The molecule has 1 atom stereocenters. The average molecular weight is 257 g/mol. The van der Waals surface area contributed by atoms with E-state index in [0.717, 1.165) is 25.7 Å². The normalized spacial score (nSPS) is 33.3. The Bertz CT molecular complexity index is 293. The molecule has 1 saturated carbocycles. The van der Waals surface area contributed by atoms with Crippen LogP contribution in [0.1, 0.15) is 58.8 Å². The van der Waals surface area contributed by atoms with Crippen LogP contribution >= 0.6 is 0 Å². The highest BCUT2D eigenvalue weighted by Crippen LogP contribution is 2.44. The van der Waals surface area contributed by atoms with Gasteiger partial charge in [0.2, 0.25) is 5.79 Å². The number of esters is 1. The fourth-order valence-corrected chi connectivity index (χ4v) is 2.55. The number of hydrogen-bond acceptors (Lipinski definition) is 5. The van der Waals surface area contributed by atoms with Gasteiger partial charge in [-0.1, -0.05) is 26.7 Å². The van der Waals surface area contributed by atoms with Gasteiger partial charge < -0.3 is 4.74 Å². The minimum atomic E-state index is -1.16. The van der Waals surface area contributed by atoms with E-state index in [1.807, 2.05) is 0 Å². The second-order valence-electron chi connectivity index (χ2n) is 5.17. The van der Waals surface area contributed by atoms with Gasteiger partial charge in [0.05, 0.1) is 0 Å². The van der Waals surface area contributed by atoms with Crippen molar-refractivity contribution in [3.8, 4) is 0 Å². The summed E-state index contributed by atoms with van der Waals surface area (Å²) >= 11 is 0. The number of rotatable bonds is 0. The van der Waals surface area contributed by atoms with E-state index >= 15 is 0 Å². The zero-order valence-electron chi connectivity index (χ0n) is 11.3. The molecule has 104 valence electrons. The monoisotopic (exact) mass is 257 g/mol. The zero-order valence-corrected chi connectivity index (χ0v) is 11.3. The summed E-state index contributed by atoms with van der Waals surface area (Å²) in [6.07, 6.45) is 6.67. The van der Waals surface area contributed by atoms with Gasteiger partial charge in [-0.2, -0.15) is 5.48 Å². The summed E-state index contributed by atoms with van der Waals surface area (Å²) in [5.41, 5.74) is 2.68. The van der Waals surface area contributed by atoms with Crippen LogP contribution in [0.25, 0.3) is 0 Å². The second-order valence-corrected chi connectivity index (χ2v) is 5.17. The highest BCUT2D eigenvalue weighted by Gasteiger charge is 2.61. The molecule has 2 spiro atoms. The predicted octanol–water partition coefficient (Wildman–Crippen LogP) is 2.26. The van der Waals surface area contributed by atoms with Gasteiger partial charge in [-0.25, -0.2) is 4.79 Å². The molecule has 0 bridgehead atoms. The molecule has 1 aliphatic carbocycles. The first kappa shape index (κ1) is 13.8. The molecule has 0 aromatic heterocycles. The van der Waals surface area contributed by atoms with Gasteiger partial charge in [-0.3, -0.25) is 9.57 Å². The van der Waals surface area contributed by atoms with E-state index in [9.17, 15) is 4.79 Å². The zero-order chi connectivity index (χ0) is 13.1. The van der Waals surface area contributed by atoms with Gasteiger partial charge in [-0.05, 0) is 12.8 Å². The lowest BCUT2D eigenvalue weighted by atomic mass is 9.94. The molecule has 1 unspecified atom stereocenters. The molecular weight excluding hydrogens is 234 g/mol. The summed E-state index contributed by atoms with van der Waals surface area (Å²) in [5.74, 6) is -2.21. The van der Waals surface area contributed by atoms with Crippen LogP contribution < -0.4 is 5.48 Å². The molecule has 2 heterocycles. The SMILES string of the molecule is CCC.O=C1OC2(CCCCC2)OC12CCNO2. The molecular formula is C13H23NO4. The Balaban J connectivity index is 0.000000367. The molecule has 18 heavy (non-hydrogen) atoms. The van der Waals surface area contributed by atoms with Crippen molar-refractivity contribution >= 4 is 5.97 Å². The minimum absolute atomic E-state index is 0.366. The van der Waals surface area contributed by atoms with Crippen LogP contribution in [0, 0.1) is 0 Å². The van der Waals surface area contributed by atoms with Crippen molar-refractivity contribution in [1.29, 1.82) is 0 Å². The molecule has 3 aliphatic rings. The molecule has 1 N–H and O–H groups in total. The molecule has 2 saturated heterocycles. The molecule has 0 radical (unpaired) electrons. The van der Waals surface area contributed by atoms with Crippen molar-refractivity contribution in [2.45, 2.75) is 70.4 Å². The van der Waals surface area contributed by atoms with Crippen molar-refractivity contribution in [1.82, 2.24) is 5.48 Å². The van der Waals surface area contributed by atoms with Crippen LogP contribution in [0.2, 0.25) is 0 Å². The smallest absolute Gasteiger partial charge is 0.371 e. The molecule has 3 fully saturated rings. The van der Waals surface area contributed by atoms with Crippen molar-refractivity contribution < 1.29 is 19.1 Å². The molecule has 3 rings (SSSR count). The molecule has 0 aromatic rings. The van der Waals surface area contributed by atoms with Crippen LogP contribution in [0.3, 0.4) is 0 Å². The summed E-state index contributed by atoms with van der Waals surface area (Å²) in [6, 6.07) is 0. The van der Waals surface area contributed by atoms with E-state index in [-0.39, 0.29) is 5.97 Å². The van der Waals surface area contributed by atoms with Crippen molar-refractivity contribution in [2.24, 2.45) is 0 Å². The Kier molecular flexibility index (Phi) is 4.25.